The molecule has 0 aromatic carbocycles. The van der Waals surface area contributed by atoms with Crippen LogP contribution in [0.3, 0.4) is 0 Å². The van der Waals surface area contributed by atoms with Crippen molar-refractivity contribution in [1.29, 1.82) is 0 Å². The van der Waals surface area contributed by atoms with Crippen LogP contribution in [-0.2, 0) is 6.54 Å². The van der Waals surface area contributed by atoms with E-state index in [0.717, 1.165) is 44.0 Å². The molecule has 2 heterocycles. The molecule has 1 aromatic rings. The predicted octanol–water partition coefficient (Wildman–Crippen LogP) is 1.28. The first-order valence-electron chi connectivity index (χ1n) is 6.01. The molecule has 1 aliphatic heterocycles. The third-order valence-corrected chi connectivity index (χ3v) is 3.08. The van der Waals surface area contributed by atoms with Crippen molar-refractivity contribution in [2.45, 2.75) is 39.3 Å². The second kappa shape index (κ2) is 5.27. The van der Waals surface area contributed by atoms with E-state index in [9.17, 15) is 0 Å². The topological polar surface area (TPSA) is 66.5 Å². The molecule has 1 aromatic heterocycles. The number of oxime groups is 1. The molecule has 1 aliphatic rings. The fourth-order valence-electron chi connectivity index (χ4n) is 2.09. The van der Waals surface area contributed by atoms with Crippen LogP contribution in [0.5, 0.6) is 0 Å². The smallest absolute Gasteiger partial charge is 0.141 e. The van der Waals surface area contributed by atoms with Gasteiger partial charge in [0.2, 0.25) is 0 Å². The van der Waals surface area contributed by atoms with E-state index in [-0.39, 0.29) is 0 Å². The molecular formula is C11H19N5O. The first kappa shape index (κ1) is 12.0. The maximum atomic E-state index is 8.69. The quantitative estimate of drug-likeness (QED) is 0.635. The lowest BCUT2D eigenvalue weighted by molar-refractivity contribution is 0.244. The lowest BCUT2D eigenvalue weighted by atomic mass is 10.1. The highest BCUT2D eigenvalue weighted by atomic mass is 16.4. The number of aromatic nitrogens is 3. The van der Waals surface area contributed by atoms with Gasteiger partial charge >= 0.3 is 0 Å². The number of nitrogens with zero attached hydrogens (tertiary/aromatic N) is 5. The minimum atomic E-state index is 0.340. The highest BCUT2D eigenvalue weighted by molar-refractivity contribution is 5.84. The Morgan fingerprint density at radius 3 is 2.71 bits per heavy atom. The Kier molecular flexibility index (Phi) is 3.73. The van der Waals surface area contributed by atoms with Crippen LogP contribution in [-0.4, -0.2) is 43.7 Å². The van der Waals surface area contributed by atoms with E-state index in [0.29, 0.717) is 6.04 Å². The first-order valence-corrected chi connectivity index (χ1v) is 6.01. The van der Waals surface area contributed by atoms with Crippen LogP contribution >= 0.6 is 0 Å². The largest absolute Gasteiger partial charge is 0.411 e. The van der Waals surface area contributed by atoms with Gasteiger partial charge in [-0.2, -0.15) is 5.10 Å². The molecule has 2 rings (SSSR count). The normalized spacial score (nSPS) is 17.7. The van der Waals surface area contributed by atoms with Gasteiger partial charge in [-0.1, -0.05) is 5.16 Å². The van der Waals surface area contributed by atoms with Gasteiger partial charge in [-0.15, -0.1) is 0 Å². The highest BCUT2D eigenvalue weighted by Crippen LogP contribution is 2.12. The highest BCUT2D eigenvalue weighted by Gasteiger charge is 2.18. The second-order valence-corrected chi connectivity index (χ2v) is 4.66. The van der Waals surface area contributed by atoms with Gasteiger partial charge in [0.25, 0.3) is 0 Å². The summed E-state index contributed by atoms with van der Waals surface area (Å²) in [4.78, 5) is 6.62. The zero-order valence-electron chi connectivity index (χ0n) is 10.4. The maximum Gasteiger partial charge on any atom is 0.141 e. The Balaban J connectivity index is 1.95. The van der Waals surface area contributed by atoms with Crippen molar-refractivity contribution in [3.63, 3.8) is 0 Å². The van der Waals surface area contributed by atoms with Gasteiger partial charge in [0.05, 0.1) is 12.3 Å². The number of hydrogen-bond acceptors (Lipinski definition) is 5. The zero-order valence-corrected chi connectivity index (χ0v) is 10.4. The summed E-state index contributed by atoms with van der Waals surface area (Å²) in [6.07, 6.45) is 3.29. The van der Waals surface area contributed by atoms with E-state index in [1.54, 1.807) is 6.33 Å². The molecule has 0 aliphatic carbocycles. The van der Waals surface area contributed by atoms with Crippen molar-refractivity contribution in [2.75, 3.05) is 13.1 Å². The van der Waals surface area contributed by atoms with Gasteiger partial charge in [0.15, 0.2) is 0 Å². The Bertz CT molecular complexity index is 388. The van der Waals surface area contributed by atoms with Gasteiger partial charge in [0, 0.05) is 32.0 Å². The molecule has 6 nitrogen and oxygen atoms in total. The van der Waals surface area contributed by atoms with Crippen LogP contribution in [0.1, 0.15) is 38.6 Å². The van der Waals surface area contributed by atoms with E-state index < -0.39 is 0 Å². The van der Waals surface area contributed by atoms with Gasteiger partial charge in [-0.05, 0) is 13.8 Å². The number of rotatable bonds is 3. The SMILES string of the molecule is CC(C)n1ncnc1CN1CCC(=NO)CC1. The minimum absolute atomic E-state index is 0.340. The van der Waals surface area contributed by atoms with E-state index >= 15 is 0 Å². The lowest BCUT2D eigenvalue weighted by Gasteiger charge is -2.26. The fraction of sp³-hybridized carbons (Fsp3) is 0.727. The van der Waals surface area contributed by atoms with Crippen LogP contribution < -0.4 is 0 Å². The summed E-state index contributed by atoms with van der Waals surface area (Å²) in [5.74, 6) is 1.00. The van der Waals surface area contributed by atoms with E-state index in [4.69, 9.17) is 5.21 Å². The van der Waals surface area contributed by atoms with E-state index in [1.807, 2.05) is 4.68 Å². The zero-order chi connectivity index (χ0) is 12.3. The third kappa shape index (κ3) is 2.82. The van der Waals surface area contributed by atoms with Crippen LogP contribution in [0.15, 0.2) is 11.5 Å². The molecule has 94 valence electrons. The van der Waals surface area contributed by atoms with Crippen LogP contribution in [0, 0.1) is 0 Å². The number of piperidine rings is 1. The van der Waals surface area contributed by atoms with Gasteiger partial charge < -0.3 is 5.21 Å². The molecular weight excluding hydrogens is 218 g/mol. The standard InChI is InChI=1S/C11H19N5O/c1-9(2)16-11(12-8-13-16)7-15-5-3-10(14-17)4-6-15/h8-9,17H,3-7H2,1-2H3. The summed E-state index contributed by atoms with van der Waals surface area (Å²) in [5, 5.41) is 16.2. The summed E-state index contributed by atoms with van der Waals surface area (Å²) in [5.41, 5.74) is 0.895. The summed E-state index contributed by atoms with van der Waals surface area (Å²) in [6.45, 7) is 6.86. The summed E-state index contributed by atoms with van der Waals surface area (Å²) in [7, 11) is 0. The summed E-state index contributed by atoms with van der Waals surface area (Å²) in [6, 6.07) is 0.340. The number of likely N-dealkylation sites (tertiary alicyclic amines) is 1. The summed E-state index contributed by atoms with van der Waals surface area (Å²) >= 11 is 0. The third-order valence-electron chi connectivity index (χ3n) is 3.08. The predicted molar refractivity (Wildman–Crippen MR) is 64.1 cm³/mol. The van der Waals surface area contributed by atoms with Gasteiger partial charge in [0.1, 0.15) is 12.2 Å². The van der Waals surface area contributed by atoms with Crippen molar-refractivity contribution < 1.29 is 5.21 Å². The second-order valence-electron chi connectivity index (χ2n) is 4.66. The van der Waals surface area contributed by atoms with E-state index in [2.05, 4.69) is 34.0 Å². The first-order chi connectivity index (χ1) is 8.20. The monoisotopic (exact) mass is 237 g/mol. The van der Waals surface area contributed by atoms with E-state index in [1.165, 1.54) is 0 Å². The average molecular weight is 237 g/mol. The Morgan fingerprint density at radius 1 is 1.41 bits per heavy atom. The minimum Gasteiger partial charge on any atom is -0.411 e. The Hall–Kier alpha value is -1.43. The molecule has 0 atom stereocenters. The summed E-state index contributed by atoms with van der Waals surface area (Å²) < 4.78 is 1.95. The molecule has 1 fully saturated rings. The average Bonchev–Trinajstić information content (AvgIpc) is 2.78. The Labute approximate surface area is 101 Å². The molecule has 17 heavy (non-hydrogen) atoms. The molecule has 0 amide bonds. The molecule has 6 heteroatoms. The molecule has 1 saturated heterocycles. The molecule has 1 N–H and O–H groups in total. The molecule has 0 radical (unpaired) electrons. The lowest BCUT2D eigenvalue weighted by Crippen LogP contribution is -2.34. The maximum absolute atomic E-state index is 8.69. The van der Waals surface area contributed by atoms with Crippen molar-refractivity contribution in [2.24, 2.45) is 5.16 Å². The van der Waals surface area contributed by atoms with Gasteiger partial charge in [-0.25, -0.2) is 9.67 Å². The van der Waals surface area contributed by atoms with Gasteiger partial charge in [-0.3, -0.25) is 4.90 Å². The molecule has 0 unspecified atom stereocenters. The van der Waals surface area contributed by atoms with Crippen molar-refractivity contribution in [1.82, 2.24) is 19.7 Å². The van der Waals surface area contributed by atoms with Crippen molar-refractivity contribution in [3.8, 4) is 0 Å². The molecule has 0 spiro atoms. The Morgan fingerprint density at radius 2 is 2.12 bits per heavy atom. The number of hydrogen-bond donors (Lipinski definition) is 1. The molecule has 0 saturated carbocycles. The fourth-order valence-corrected chi connectivity index (χ4v) is 2.09. The molecule has 0 bridgehead atoms. The van der Waals surface area contributed by atoms with Crippen molar-refractivity contribution in [3.05, 3.63) is 12.2 Å². The van der Waals surface area contributed by atoms with Crippen LogP contribution in [0.25, 0.3) is 0 Å². The van der Waals surface area contributed by atoms with Crippen LogP contribution in [0.4, 0.5) is 0 Å². The van der Waals surface area contributed by atoms with Crippen LogP contribution in [0.2, 0.25) is 0 Å². The van der Waals surface area contributed by atoms with Crippen molar-refractivity contribution >= 4 is 5.71 Å².